The van der Waals surface area contributed by atoms with E-state index in [1.807, 2.05) is 60.8 Å². The lowest BCUT2D eigenvalue weighted by Gasteiger charge is -2.18. The Morgan fingerprint density at radius 1 is 1.16 bits per heavy atom. The summed E-state index contributed by atoms with van der Waals surface area (Å²) in [5.74, 6) is -0.0593. The second-order valence-electron chi connectivity index (χ2n) is 7.53. The SMILES string of the molecule is Cc1ccc(-c2csc3ncn(CCC(=O)N(C)Cc4ccccc4Cl)c(=O)c23)cc1. The lowest BCUT2D eigenvalue weighted by atomic mass is 10.1. The molecule has 7 heteroatoms. The summed E-state index contributed by atoms with van der Waals surface area (Å²) >= 11 is 7.65. The molecule has 0 N–H and O–H groups in total. The molecule has 2 aromatic carbocycles. The number of hydrogen-bond acceptors (Lipinski definition) is 4. The zero-order valence-corrected chi connectivity index (χ0v) is 18.9. The van der Waals surface area contributed by atoms with Gasteiger partial charge in [0, 0.05) is 42.5 Å². The Labute approximate surface area is 189 Å². The lowest BCUT2D eigenvalue weighted by Crippen LogP contribution is -2.29. The van der Waals surface area contributed by atoms with Crippen LogP contribution in [0.25, 0.3) is 21.3 Å². The molecule has 5 nitrogen and oxygen atoms in total. The van der Waals surface area contributed by atoms with Crippen molar-refractivity contribution in [3.63, 3.8) is 0 Å². The Hall–Kier alpha value is -2.96. The van der Waals surface area contributed by atoms with Crippen molar-refractivity contribution in [1.29, 1.82) is 0 Å². The molecule has 0 fully saturated rings. The van der Waals surface area contributed by atoms with Gasteiger partial charge in [0.25, 0.3) is 5.56 Å². The Kier molecular flexibility index (Phi) is 6.20. The highest BCUT2D eigenvalue weighted by Gasteiger charge is 2.15. The summed E-state index contributed by atoms with van der Waals surface area (Å²) in [7, 11) is 1.74. The van der Waals surface area contributed by atoms with Gasteiger partial charge in [-0.1, -0.05) is 59.6 Å². The Morgan fingerprint density at radius 3 is 2.65 bits per heavy atom. The van der Waals surface area contributed by atoms with Crippen LogP contribution in [0.2, 0.25) is 5.02 Å². The summed E-state index contributed by atoms with van der Waals surface area (Å²) in [5, 5.41) is 3.21. The van der Waals surface area contributed by atoms with Crippen LogP contribution in [0.3, 0.4) is 0 Å². The number of benzene rings is 2. The summed E-state index contributed by atoms with van der Waals surface area (Å²) in [5.41, 5.74) is 3.81. The van der Waals surface area contributed by atoms with Gasteiger partial charge in [-0.15, -0.1) is 11.3 Å². The Bertz CT molecular complexity index is 1290. The second-order valence-corrected chi connectivity index (χ2v) is 8.80. The largest absolute Gasteiger partial charge is 0.341 e. The third-order valence-corrected chi connectivity index (χ3v) is 6.54. The minimum atomic E-state index is -0.122. The van der Waals surface area contributed by atoms with Gasteiger partial charge in [-0.05, 0) is 24.1 Å². The average molecular weight is 452 g/mol. The number of hydrogen-bond donors (Lipinski definition) is 0. The molecule has 0 radical (unpaired) electrons. The molecule has 2 heterocycles. The van der Waals surface area contributed by atoms with Gasteiger partial charge in [0.05, 0.1) is 11.7 Å². The van der Waals surface area contributed by atoms with Crippen molar-refractivity contribution < 1.29 is 4.79 Å². The first-order valence-corrected chi connectivity index (χ1v) is 11.2. The predicted octanol–water partition coefficient (Wildman–Crippen LogP) is 5.14. The summed E-state index contributed by atoms with van der Waals surface area (Å²) in [6.07, 6.45) is 1.74. The van der Waals surface area contributed by atoms with E-state index in [-0.39, 0.29) is 24.4 Å². The van der Waals surface area contributed by atoms with Crippen LogP contribution in [-0.2, 0) is 17.9 Å². The fourth-order valence-electron chi connectivity index (χ4n) is 3.45. The maximum Gasteiger partial charge on any atom is 0.262 e. The minimum absolute atomic E-state index is 0.0593. The van der Waals surface area contributed by atoms with E-state index in [0.29, 0.717) is 21.8 Å². The number of fused-ring (bicyclic) bond motifs is 1. The molecule has 0 saturated carbocycles. The molecule has 0 unspecified atom stereocenters. The molecule has 0 saturated heterocycles. The van der Waals surface area contributed by atoms with E-state index in [1.54, 1.807) is 11.9 Å². The first kappa shape index (κ1) is 21.3. The molecule has 0 aliphatic heterocycles. The number of nitrogens with zero attached hydrogens (tertiary/aromatic N) is 3. The molecule has 2 aromatic heterocycles. The van der Waals surface area contributed by atoms with Crippen molar-refractivity contribution >= 4 is 39.1 Å². The smallest absolute Gasteiger partial charge is 0.262 e. The van der Waals surface area contributed by atoms with Crippen LogP contribution < -0.4 is 5.56 Å². The highest BCUT2D eigenvalue weighted by atomic mass is 35.5. The number of rotatable bonds is 6. The number of carbonyl (C=O) groups is 1. The molecular formula is C24H22ClN3O2S. The van der Waals surface area contributed by atoms with E-state index in [2.05, 4.69) is 4.98 Å². The highest BCUT2D eigenvalue weighted by molar-refractivity contribution is 7.17. The Morgan fingerprint density at radius 2 is 1.90 bits per heavy atom. The van der Waals surface area contributed by atoms with Gasteiger partial charge >= 0.3 is 0 Å². The number of amides is 1. The summed E-state index contributed by atoms with van der Waals surface area (Å²) in [4.78, 5) is 32.6. The predicted molar refractivity (Wildman–Crippen MR) is 127 cm³/mol. The van der Waals surface area contributed by atoms with Crippen LogP contribution in [0, 0.1) is 6.92 Å². The van der Waals surface area contributed by atoms with Gasteiger partial charge in [-0.25, -0.2) is 4.98 Å². The molecule has 1 amide bonds. The summed E-state index contributed by atoms with van der Waals surface area (Å²) in [6, 6.07) is 15.6. The normalized spacial score (nSPS) is 11.1. The first-order chi connectivity index (χ1) is 14.9. The zero-order valence-electron chi connectivity index (χ0n) is 17.3. The average Bonchev–Trinajstić information content (AvgIpc) is 3.20. The fourth-order valence-corrected chi connectivity index (χ4v) is 4.55. The van der Waals surface area contributed by atoms with E-state index in [1.165, 1.54) is 27.8 Å². The number of halogens is 1. The lowest BCUT2D eigenvalue weighted by molar-refractivity contribution is -0.130. The van der Waals surface area contributed by atoms with Crippen molar-refractivity contribution in [2.24, 2.45) is 0 Å². The number of carbonyl (C=O) groups excluding carboxylic acids is 1. The van der Waals surface area contributed by atoms with Crippen molar-refractivity contribution in [1.82, 2.24) is 14.5 Å². The van der Waals surface area contributed by atoms with E-state index in [0.717, 1.165) is 16.7 Å². The van der Waals surface area contributed by atoms with Gasteiger partial charge < -0.3 is 4.90 Å². The van der Waals surface area contributed by atoms with Crippen LogP contribution in [0.1, 0.15) is 17.5 Å². The second kappa shape index (κ2) is 9.04. The van der Waals surface area contributed by atoms with Crippen molar-refractivity contribution in [3.8, 4) is 11.1 Å². The standard InChI is InChI=1S/C24H22ClN3O2S/c1-16-7-9-17(10-8-16)19-14-31-23-22(19)24(30)28(15-26-23)12-11-21(29)27(2)13-18-5-3-4-6-20(18)25/h3-10,14-15H,11-13H2,1-2H3. The van der Waals surface area contributed by atoms with Crippen molar-refractivity contribution in [2.75, 3.05) is 7.05 Å². The van der Waals surface area contributed by atoms with E-state index in [4.69, 9.17) is 11.6 Å². The molecule has 0 bridgehead atoms. The molecule has 0 aliphatic rings. The molecule has 4 rings (SSSR count). The van der Waals surface area contributed by atoms with Gasteiger partial charge in [-0.3, -0.25) is 14.2 Å². The molecule has 31 heavy (non-hydrogen) atoms. The molecule has 0 atom stereocenters. The van der Waals surface area contributed by atoms with Crippen molar-refractivity contribution in [2.45, 2.75) is 26.4 Å². The summed E-state index contributed by atoms with van der Waals surface area (Å²) < 4.78 is 1.52. The van der Waals surface area contributed by atoms with Crippen LogP contribution in [-0.4, -0.2) is 27.4 Å². The van der Waals surface area contributed by atoms with Crippen LogP contribution >= 0.6 is 22.9 Å². The zero-order chi connectivity index (χ0) is 22.0. The van der Waals surface area contributed by atoms with Crippen LogP contribution in [0.5, 0.6) is 0 Å². The quantitative estimate of drug-likeness (QED) is 0.408. The molecular weight excluding hydrogens is 430 g/mol. The van der Waals surface area contributed by atoms with Crippen LogP contribution in [0.4, 0.5) is 0 Å². The number of aromatic nitrogens is 2. The third-order valence-electron chi connectivity index (χ3n) is 5.28. The maximum atomic E-state index is 13.2. The molecule has 0 spiro atoms. The van der Waals surface area contributed by atoms with E-state index >= 15 is 0 Å². The van der Waals surface area contributed by atoms with Gasteiger partial charge in [0.2, 0.25) is 5.91 Å². The minimum Gasteiger partial charge on any atom is -0.341 e. The van der Waals surface area contributed by atoms with Crippen LogP contribution in [0.15, 0.2) is 65.0 Å². The van der Waals surface area contributed by atoms with Gasteiger partial charge in [-0.2, -0.15) is 0 Å². The fraction of sp³-hybridized carbons (Fsp3) is 0.208. The first-order valence-electron chi connectivity index (χ1n) is 9.95. The van der Waals surface area contributed by atoms with Gasteiger partial charge in [0.15, 0.2) is 0 Å². The van der Waals surface area contributed by atoms with E-state index < -0.39 is 0 Å². The summed E-state index contributed by atoms with van der Waals surface area (Å²) in [6.45, 7) is 2.73. The monoisotopic (exact) mass is 451 g/mol. The topological polar surface area (TPSA) is 55.2 Å². The maximum absolute atomic E-state index is 13.2. The molecule has 158 valence electrons. The Balaban J connectivity index is 1.52. The van der Waals surface area contributed by atoms with Gasteiger partial charge in [0.1, 0.15) is 4.83 Å². The third kappa shape index (κ3) is 4.55. The molecule has 0 aliphatic carbocycles. The van der Waals surface area contributed by atoms with Crippen molar-refractivity contribution in [3.05, 3.63) is 86.7 Å². The molecule has 4 aromatic rings. The number of thiophene rings is 1. The highest BCUT2D eigenvalue weighted by Crippen LogP contribution is 2.30. The van der Waals surface area contributed by atoms with E-state index in [9.17, 15) is 9.59 Å². The number of aryl methyl sites for hydroxylation is 2.